The lowest BCUT2D eigenvalue weighted by molar-refractivity contribution is -0.148. The summed E-state index contributed by atoms with van der Waals surface area (Å²) in [7, 11) is 1.43. The van der Waals surface area contributed by atoms with Gasteiger partial charge in [0, 0.05) is 5.75 Å². The van der Waals surface area contributed by atoms with E-state index < -0.39 is 5.54 Å². The molecule has 0 aromatic carbocycles. The van der Waals surface area contributed by atoms with Crippen LogP contribution in [0.15, 0.2) is 22.1 Å². The van der Waals surface area contributed by atoms with Crippen molar-refractivity contribution in [2.24, 2.45) is 0 Å². The van der Waals surface area contributed by atoms with Crippen LogP contribution in [-0.4, -0.2) is 35.9 Å². The number of carbonyl (C=O) groups is 1. The highest BCUT2D eigenvalue weighted by Crippen LogP contribution is 2.20. The number of thioether (sulfide) groups is 1. The second-order valence-corrected chi connectivity index (χ2v) is 5.50. The van der Waals surface area contributed by atoms with Gasteiger partial charge in [0.25, 0.3) is 5.22 Å². The Morgan fingerprint density at radius 3 is 2.95 bits per heavy atom. The van der Waals surface area contributed by atoms with Crippen LogP contribution in [0.1, 0.15) is 33.1 Å². The minimum Gasteiger partial charge on any atom is -0.468 e. The van der Waals surface area contributed by atoms with Gasteiger partial charge in [0.1, 0.15) is 11.8 Å². The minimum atomic E-state index is -0.586. The second kappa shape index (κ2) is 8.22. The number of ether oxygens (including phenoxy) is 1. The van der Waals surface area contributed by atoms with Gasteiger partial charge in [-0.15, -0.1) is 0 Å². The number of aromatic nitrogens is 1. The van der Waals surface area contributed by atoms with E-state index in [-0.39, 0.29) is 5.97 Å². The molecule has 5 nitrogen and oxygen atoms in total. The molecule has 108 valence electrons. The number of rotatable bonds is 9. The van der Waals surface area contributed by atoms with Crippen LogP contribution >= 0.6 is 11.8 Å². The molecule has 0 saturated carbocycles. The molecule has 0 aliphatic rings. The molecule has 0 amide bonds. The minimum absolute atomic E-state index is 0.199. The fraction of sp³-hybridized carbons (Fsp3) is 0.692. The summed E-state index contributed by atoms with van der Waals surface area (Å²) in [5.74, 6) is 0.735. The first kappa shape index (κ1) is 16.0. The van der Waals surface area contributed by atoms with Gasteiger partial charge in [-0.3, -0.25) is 4.79 Å². The van der Waals surface area contributed by atoms with E-state index in [0.29, 0.717) is 5.22 Å². The summed E-state index contributed by atoms with van der Waals surface area (Å²) in [4.78, 5) is 15.8. The number of hydrogen-bond donors (Lipinski definition) is 1. The smallest absolute Gasteiger partial charge is 0.325 e. The summed E-state index contributed by atoms with van der Waals surface area (Å²) >= 11 is 1.59. The van der Waals surface area contributed by atoms with Gasteiger partial charge in [-0.25, -0.2) is 4.98 Å². The van der Waals surface area contributed by atoms with Crippen molar-refractivity contribution in [3.8, 4) is 0 Å². The quantitative estimate of drug-likeness (QED) is 0.427. The average molecular weight is 286 g/mol. The van der Waals surface area contributed by atoms with E-state index in [9.17, 15) is 4.79 Å². The predicted molar refractivity (Wildman–Crippen MR) is 75.2 cm³/mol. The maximum atomic E-state index is 11.8. The van der Waals surface area contributed by atoms with Crippen molar-refractivity contribution in [1.29, 1.82) is 0 Å². The number of oxazole rings is 1. The Labute approximate surface area is 118 Å². The summed E-state index contributed by atoms with van der Waals surface area (Å²) < 4.78 is 9.99. The molecule has 1 unspecified atom stereocenters. The Hall–Kier alpha value is -1.01. The van der Waals surface area contributed by atoms with Crippen LogP contribution in [0.25, 0.3) is 0 Å². The van der Waals surface area contributed by atoms with E-state index in [1.807, 2.05) is 13.8 Å². The first-order valence-electron chi connectivity index (χ1n) is 6.48. The third-order valence-corrected chi connectivity index (χ3v) is 3.85. The molecular formula is C13H22N2O3S. The van der Waals surface area contributed by atoms with Crippen molar-refractivity contribution in [2.75, 3.05) is 19.4 Å². The number of nitrogens with one attached hydrogen (secondary N) is 1. The second-order valence-electron chi connectivity index (χ2n) is 4.46. The Bertz CT molecular complexity index is 370. The Morgan fingerprint density at radius 2 is 2.37 bits per heavy atom. The first-order chi connectivity index (χ1) is 9.12. The molecule has 0 spiro atoms. The topological polar surface area (TPSA) is 64.4 Å². The molecular weight excluding hydrogens is 264 g/mol. The zero-order valence-corrected chi connectivity index (χ0v) is 12.6. The average Bonchev–Trinajstić information content (AvgIpc) is 2.91. The number of carbonyl (C=O) groups excluding carboxylic acids is 1. The number of unbranched alkanes of at least 4 members (excludes halogenated alkanes) is 1. The Balaban J connectivity index is 2.26. The Morgan fingerprint density at radius 1 is 1.58 bits per heavy atom. The fourth-order valence-corrected chi connectivity index (χ4v) is 2.68. The van der Waals surface area contributed by atoms with Crippen LogP contribution in [0.4, 0.5) is 0 Å². The van der Waals surface area contributed by atoms with Crippen LogP contribution in [0, 0.1) is 0 Å². The van der Waals surface area contributed by atoms with Crippen LogP contribution < -0.4 is 5.32 Å². The van der Waals surface area contributed by atoms with Gasteiger partial charge in [0.05, 0.1) is 13.3 Å². The molecule has 0 aliphatic heterocycles. The van der Waals surface area contributed by atoms with Crippen LogP contribution in [-0.2, 0) is 9.53 Å². The molecule has 1 aromatic rings. The van der Waals surface area contributed by atoms with Gasteiger partial charge in [-0.05, 0) is 26.3 Å². The van der Waals surface area contributed by atoms with Crippen molar-refractivity contribution in [3.63, 3.8) is 0 Å². The molecule has 6 heteroatoms. The van der Waals surface area contributed by atoms with Crippen molar-refractivity contribution in [1.82, 2.24) is 10.3 Å². The normalized spacial score (nSPS) is 14.1. The highest BCUT2D eigenvalue weighted by molar-refractivity contribution is 7.99. The van der Waals surface area contributed by atoms with Crippen molar-refractivity contribution in [2.45, 2.75) is 43.9 Å². The van der Waals surface area contributed by atoms with Gasteiger partial charge in [0.2, 0.25) is 0 Å². The summed E-state index contributed by atoms with van der Waals surface area (Å²) in [6, 6.07) is 0. The number of methoxy groups -OCH3 is 1. The third kappa shape index (κ3) is 5.24. The first-order valence-corrected chi connectivity index (χ1v) is 7.46. The molecule has 0 fully saturated rings. The zero-order chi connectivity index (χ0) is 14.1. The number of hydrogen-bond acceptors (Lipinski definition) is 6. The van der Waals surface area contributed by atoms with Gasteiger partial charge < -0.3 is 14.5 Å². The lowest BCUT2D eigenvalue weighted by Gasteiger charge is -2.27. The summed E-state index contributed by atoms with van der Waals surface area (Å²) in [5, 5.41) is 3.90. The van der Waals surface area contributed by atoms with E-state index in [1.165, 1.54) is 7.11 Å². The lowest BCUT2D eigenvalue weighted by atomic mass is 9.95. The number of nitrogens with zero attached hydrogens (tertiary/aromatic N) is 1. The van der Waals surface area contributed by atoms with Crippen molar-refractivity contribution in [3.05, 3.63) is 12.5 Å². The van der Waals surface area contributed by atoms with E-state index in [2.05, 4.69) is 10.3 Å². The monoisotopic (exact) mass is 286 g/mol. The molecule has 1 aromatic heterocycles. The maximum absolute atomic E-state index is 11.8. The molecule has 0 bridgehead atoms. The van der Waals surface area contributed by atoms with Gasteiger partial charge >= 0.3 is 5.97 Å². The fourth-order valence-electron chi connectivity index (χ4n) is 1.90. The van der Waals surface area contributed by atoms with E-state index >= 15 is 0 Å². The third-order valence-electron chi connectivity index (χ3n) is 2.91. The SMILES string of the molecule is CCNC(C)(CCCCSc1ncco1)C(=O)OC. The van der Waals surface area contributed by atoms with Crippen molar-refractivity contribution < 1.29 is 13.9 Å². The van der Waals surface area contributed by atoms with Crippen LogP contribution in [0.2, 0.25) is 0 Å². The van der Waals surface area contributed by atoms with E-state index in [0.717, 1.165) is 31.6 Å². The number of likely N-dealkylation sites (N-methyl/N-ethyl adjacent to an activating group) is 1. The molecule has 1 heterocycles. The van der Waals surface area contributed by atoms with Crippen molar-refractivity contribution >= 4 is 17.7 Å². The molecule has 1 atom stereocenters. The molecule has 1 rings (SSSR count). The zero-order valence-electron chi connectivity index (χ0n) is 11.8. The number of esters is 1. The largest absolute Gasteiger partial charge is 0.468 e. The summed E-state index contributed by atoms with van der Waals surface area (Å²) in [6.45, 7) is 4.62. The molecule has 0 radical (unpaired) electrons. The van der Waals surface area contributed by atoms with Crippen LogP contribution in [0.5, 0.6) is 0 Å². The summed E-state index contributed by atoms with van der Waals surface area (Å²) in [6.07, 6.45) is 5.93. The summed E-state index contributed by atoms with van der Waals surface area (Å²) in [5.41, 5.74) is -0.586. The maximum Gasteiger partial charge on any atom is 0.325 e. The predicted octanol–water partition coefficient (Wildman–Crippen LogP) is 2.48. The van der Waals surface area contributed by atoms with Gasteiger partial charge in [-0.2, -0.15) is 0 Å². The van der Waals surface area contributed by atoms with E-state index in [1.54, 1.807) is 24.2 Å². The molecule has 1 N–H and O–H groups in total. The van der Waals surface area contributed by atoms with Gasteiger partial charge in [-0.1, -0.05) is 25.1 Å². The molecule has 19 heavy (non-hydrogen) atoms. The standard InChI is InChI=1S/C13H22N2O3S/c1-4-15-13(2,11(16)17-3)7-5-6-10-19-12-14-8-9-18-12/h8-9,15H,4-7,10H2,1-3H3. The molecule has 0 aliphatic carbocycles. The van der Waals surface area contributed by atoms with Crippen LogP contribution in [0.3, 0.4) is 0 Å². The molecule has 0 saturated heterocycles. The Kier molecular flexibility index (Phi) is 6.94. The highest BCUT2D eigenvalue weighted by atomic mass is 32.2. The van der Waals surface area contributed by atoms with Gasteiger partial charge in [0.15, 0.2) is 0 Å². The lowest BCUT2D eigenvalue weighted by Crippen LogP contribution is -2.50. The van der Waals surface area contributed by atoms with E-state index in [4.69, 9.17) is 9.15 Å². The highest BCUT2D eigenvalue weighted by Gasteiger charge is 2.32.